The van der Waals surface area contributed by atoms with Gasteiger partial charge in [-0.1, -0.05) is 26.0 Å². The van der Waals surface area contributed by atoms with Crippen molar-refractivity contribution in [2.45, 2.75) is 121 Å². The van der Waals surface area contributed by atoms with E-state index in [2.05, 4.69) is 11.5 Å². The maximum absolute atomic E-state index is 13.6. The minimum atomic E-state index is -1.15. The van der Waals surface area contributed by atoms with Crippen LogP contribution < -0.4 is 9.47 Å². The Morgan fingerprint density at radius 2 is 2.03 bits per heavy atom. The molecule has 0 aromatic heterocycles. The number of benzene rings is 1. The Morgan fingerprint density at radius 1 is 1.29 bits per heavy atom. The maximum Gasteiger partial charge on any atom is 0.204 e. The van der Waals surface area contributed by atoms with Gasteiger partial charge in [0.2, 0.25) is 5.78 Å². The summed E-state index contributed by atoms with van der Waals surface area (Å²) in [4.78, 5) is 29.2. The summed E-state index contributed by atoms with van der Waals surface area (Å²) < 4.78 is 19.1. The third-order valence-corrected chi connectivity index (χ3v) is 9.96. The Kier molecular flexibility index (Phi) is 6.60. The maximum atomic E-state index is 13.6. The second-order valence-corrected chi connectivity index (χ2v) is 12.5. The molecule has 2 unspecified atom stereocenters. The van der Waals surface area contributed by atoms with Crippen molar-refractivity contribution in [3.63, 3.8) is 0 Å². The third-order valence-electron chi connectivity index (χ3n) is 9.96. The summed E-state index contributed by atoms with van der Waals surface area (Å²) in [7, 11) is 0. The zero-order valence-electron chi connectivity index (χ0n) is 23.8. The number of carbonyl (C=O) groups is 2. The van der Waals surface area contributed by atoms with Crippen molar-refractivity contribution in [3.8, 4) is 11.5 Å². The minimum Gasteiger partial charge on any atom is -0.477 e. The predicted molar refractivity (Wildman–Crippen MR) is 145 cm³/mol. The van der Waals surface area contributed by atoms with E-state index < -0.39 is 34.4 Å². The molecule has 1 saturated carbocycles. The van der Waals surface area contributed by atoms with Crippen molar-refractivity contribution in [3.05, 3.63) is 35.9 Å². The number of ketones is 2. The topological polar surface area (TPSA) is 85.3 Å². The molecule has 2 heterocycles. The molecule has 2 aliphatic heterocycles. The summed E-state index contributed by atoms with van der Waals surface area (Å²) in [5, 5.41) is 12.4. The van der Waals surface area contributed by atoms with E-state index in [4.69, 9.17) is 14.2 Å². The second kappa shape index (κ2) is 9.17. The van der Waals surface area contributed by atoms with E-state index >= 15 is 0 Å². The average Bonchev–Trinajstić information content (AvgIpc) is 3.24. The Hall–Kier alpha value is -2.22. The highest BCUT2D eigenvalue weighted by Crippen LogP contribution is 2.65. The molecule has 1 spiro atoms. The zero-order valence-corrected chi connectivity index (χ0v) is 23.8. The van der Waals surface area contributed by atoms with Gasteiger partial charge in [0, 0.05) is 31.1 Å². The molecule has 7 heteroatoms. The number of Topliss-reactive ketones (excluding diaryl/α,β-unsaturated/α-hetero) is 2. The number of nitrogens with zero attached hydrogens (tertiary/aromatic N) is 1. The molecular formula is C31H43NO6. The Labute approximate surface area is 226 Å². The fourth-order valence-corrected chi connectivity index (χ4v) is 7.45. The number of aliphatic hydroxyl groups is 1. The monoisotopic (exact) mass is 525 g/mol. The lowest BCUT2D eigenvalue weighted by atomic mass is 9.49. The van der Waals surface area contributed by atoms with Crippen LogP contribution in [0.5, 0.6) is 11.5 Å². The normalized spacial score (nSPS) is 32.1. The van der Waals surface area contributed by atoms with Gasteiger partial charge < -0.3 is 19.3 Å². The molecule has 208 valence electrons. The minimum absolute atomic E-state index is 0.0266. The lowest BCUT2D eigenvalue weighted by Crippen LogP contribution is -2.76. The summed E-state index contributed by atoms with van der Waals surface area (Å²) in [5.41, 5.74) is -1.47. The number of hydrogen-bond donors (Lipinski definition) is 1. The summed E-state index contributed by atoms with van der Waals surface area (Å²) in [6.45, 7) is 16.9. The molecule has 1 N–H and O–H groups in total. The standard InChI is InChI=1S/C31H43NO6/c1-8-16-32-17-15-30-24-20-11-12-22(38-29(7,10-3)26(34)19(4)37-28(5,6)9-2)25(24)36-27(30)21(33)13-14-31(30,35)23(32)18-20/h8,11-12,19,23,27,35H,1,9-10,13-18H2,2-7H3/t19?,23-,27+,29?,30+,31-/m1/s1. The number of piperidine rings is 1. The first-order valence-electron chi connectivity index (χ1n) is 14.2. The van der Waals surface area contributed by atoms with Crippen LogP contribution in [0.25, 0.3) is 0 Å². The summed E-state index contributed by atoms with van der Waals surface area (Å²) in [5.74, 6) is 0.866. The van der Waals surface area contributed by atoms with E-state index in [9.17, 15) is 14.7 Å². The van der Waals surface area contributed by atoms with Crippen molar-refractivity contribution in [1.82, 2.24) is 4.90 Å². The number of carbonyl (C=O) groups excluding carboxylic acids is 2. The van der Waals surface area contributed by atoms with Crippen LogP contribution in [-0.2, 0) is 26.2 Å². The van der Waals surface area contributed by atoms with Gasteiger partial charge in [-0.2, -0.15) is 0 Å². The molecule has 2 fully saturated rings. The van der Waals surface area contributed by atoms with Gasteiger partial charge in [0.15, 0.2) is 29.0 Å². The summed E-state index contributed by atoms with van der Waals surface area (Å²) in [6.07, 6.45) is 3.70. The van der Waals surface area contributed by atoms with E-state index in [1.54, 1.807) is 13.8 Å². The average molecular weight is 526 g/mol. The summed E-state index contributed by atoms with van der Waals surface area (Å²) in [6, 6.07) is 3.79. The highest BCUT2D eigenvalue weighted by Gasteiger charge is 2.73. The number of ether oxygens (including phenoxy) is 3. The molecule has 1 aromatic carbocycles. The van der Waals surface area contributed by atoms with Crippen LogP contribution in [0.2, 0.25) is 0 Å². The lowest BCUT2D eigenvalue weighted by molar-refractivity contribution is -0.187. The number of rotatable bonds is 10. The van der Waals surface area contributed by atoms with Crippen LogP contribution in [0.15, 0.2) is 24.8 Å². The second-order valence-electron chi connectivity index (χ2n) is 12.5. The predicted octanol–water partition coefficient (Wildman–Crippen LogP) is 4.31. The van der Waals surface area contributed by atoms with Crippen molar-refractivity contribution < 1.29 is 28.9 Å². The van der Waals surface area contributed by atoms with Gasteiger partial charge in [-0.3, -0.25) is 14.5 Å². The molecule has 0 radical (unpaired) electrons. The SMILES string of the molecule is C=CCN1CC[C@]23c4c5ccc(OC(C)(CC)C(=O)C(C)OC(C)(C)CC)c4O[C@H]2C(=O)CC[C@@]3(O)[C@H]1C5. The molecule has 38 heavy (non-hydrogen) atoms. The Bertz CT molecular complexity index is 1160. The van der Waals surface area contributed by atoms with Gasteiger partial charge in [0.1, 0.15) is 6.10 Å². The number of hydrogen-bond acceptors (Lipinski definition) is 7. The van der Waals surface area contributed by atoms with Crippen molar-refractivity contribution in [2.24, 2.45) is 0 Å². The first-order chi connectivity index (χ1) is 17.9. The molecule has 2 bridgehead atoms. The smallest absolute Gasteiger partial charge is 0.204 e. The highest BCUT2D eigenvalue weighted by molar-refractivity contribution is 5.92. The fraction of sp³-hybridized carbons (Fsp3) is 0.677. The van der Waals surface area contributed by atoms with Crippen molar-refractivity contribution >= 4 is 11.6 Å². The van der Waals surface area contributed by atoms with Crippen LogP contribution in [0, 0.1) is 0 Å². The van der Waals surface area contributed by atoms with Gasteiger partial charge in [0.05, 0.1) is 16.6 Å². The summed E-state index contributed by atoms with van der Waals surface area (Å²) >= 11 is 0. The highest BCUT2D eigenvalue weighted by atomic mass is 16.6. The molecular weight excluding hydrogens is 482 g/mol. The van der Waals surface area contributed by atoms with E-state index in [1.165, 1.54) is 0 Å². The van der Waals surface area contributed by atoms with Gasteiger partial charge in [-0.25, -0.2) is 0 Å². The largest absolute Gasteiger partial charge is 0.477 e. The zero-order chi connectivity index (χ0) is 27.7. The van der Waals surface area contributed by atoms with Gasteiger partial charge in [-0.15, -0.1) is 6.58 Å². The van der Waals surface area contributed by atoms with Crippen molar-refractivity contribution in [1.29, 1.82) is 0 Å². The quantitative estimate of drug-likeness (QED) is 0.456. The van der Waals surface area contributed by atoms with Gasteiger partial charge >= 0.3 is 0 Å². The van der Waals surface area contributed by atoms with Crippen LogP contribution >= 0.6 is 0 Å². The molecule has 7 nitrogen and oxygen atoms in total. The van der Waals surface area contributed by atoms with Gasteiger partial charge in [-0.05, 0) is 71.4 Å². The lowest BCUT2D eigenvalue weighted by Gasteiger charge is -2.62. The molecule has 5 rings (SSSR count). The van der Waals surface area contributed by atoms with Crippen molar-refractivity contribution in [2.75, 3.05) is 13.1 Å². The molecule has 4 aliphatic rings. The van der Waals surface area contributed by atoms with Crippen LogP contribution in [0.4, 0.5) is 0 Å². The fourth-order valence-electron chi connectivity index (χ4n) is 7.45. The third kappa shape index (κ3) is 3.72. The molecule has 0 amide bonds. The molecule has 6 atom stereocenters. The molecule has 2 aliphatic carbocycles. The number of likely N-dealkylation sites (tertiary alicyclic amines) is 1. The Balaban J connectivity index is 1.56. The van der Waals surface area contributed by atoms with Crippen LogP contribution in [0.3, 0.4) is 0 Å². The Morgan fingerprint density at radius 3 is 2.68 bits per heavy atom. The van der Waals surface area contributed by atoms with E-state index in [1.807, 2.05) is 45.9 Å². The van der Waals surface area contributed by atoms with E-state index in [0.717, 1.165) is 24.1 Å². The van der Waals surface area contributed by atoms with E-state index in [-0.39, 0.29) is 24.0 Å². The van der Waals surface area contributed by atoms with Gasteiger partial charge in [0.25, 0.3) is 0 Å². The van der Waals surface area contributed by atoms with Crippen LogP contribution in [-0.4, -0.2) is 69.7 Å². The van der Waals surface area contributed by atoms with Crippen LogP contribution in [0.1, 0.15) is 84.8 Å². The van der Waals surface area contributed by atoms with E-state index in [0.29, 0.717) is 43.7 Å². The molecule has 1 saturated heterocycles. The molecule has 1 aromatic rings. The first kappa shape index (κ1) is 27.4. The first-order valence-corrected chi connectivity index (χ1v) is 14.2.